The monoisotopic (exact) mass is 287 g/mol. The van der Waals surface area contributed by atoms with Crippen molar-refractivity contribution in [2.24, 2.45) is 0 Å². The zero-order chi connectivity index (χ0) is 14.1. The van der Waals surface area contributed by atoms with Crippen LogP contribution in [0.25, 0.3) is 0 Å². The molecule has 112 valence electrons. The first-order chi connectivity index (χ1) is 10.4. The average molecular weight is 287 g/mol. The topological polar surface area (TPSA) is 64.7 Å². The van der Waals surface area contributed by atoms with Crippen molar-refractivity contribution in [3.63, 3.8) is 0 Å². The third-order valence-corrected chi connectivity index (χ3v) is 4.50. The Hall–Kier alpha value is -1.76. The van der Waals surface area contributed by atoms with Gasteiger partial charge < -0.3 is 0 Å². The van der Waals surface area contributed by atoms with Gasteiger partial charge in [0.15, 0.2) is 5.82 Å². The van der Waals surface area contributed by atoms with Crippen LogP contribution in [0.2, 0.25) is 0 Å². The molecule has 2 aromatic rings. The van der Waals surface area contributed by atoms with Crippen molar-refractivity contribution in [2.45, 2.75) is 57.3 Å². The van der Waals surface area contributed by atoms with Gasteiger partial charge in [0, 0.05) is 18.4 Å². The molecule has 3 heterocycles. The van der Waals surface area contributed by atoms with Crippen molar-refractivity contribution in [1.82, 2.24) is 34.9 Å². The minimum atomic E-state index is 0.531. The molecular weight excluding hydrogens is 266 g/mol. The summed E-state index contributed by atoms with van der Waals surface area (Å²) in [5, 5.41) is 16.6. The first-order valence-electron chi connectivity index (χ1n) is 7.88. The Morgan fingerprint density at radius 3 is 2.95 bits per heavy atom. The Labute approximate surface area is 123 Å². The van der Waals surface area contributed by atoms with E-state index in [0.29, 0.717) is 12.1 Å². The molecule has 2 aromatic heterocycles. The summed E-state index contributed by atoms with van der Waals surface area (Å²) in [6.07, 6.45) is 10.1. The highest BCUT2D eigenvalue weighted by atomic mass is 15.6. The van der Waals surface area contributed by atoms with Gasteiger partial charge in [-0.2, -0.15) is 5.10 Å². The predicted molar refractivity (Wildman–Crippen MR) is 76.4 cm³/mol. The lowest BCUT2D eigenvalue weighted by atomic mass is 10.0. The van der Waals surface area contributed by atoms with E-state index in [2.05, 4.69) is 25.5 Å². The van der Waals surface area contributed by atoms with Crippen molar-refractivity contribution in [3.8, 4) is 0 Å². The van der Waals surface area contributed by atoms with Gasteiger partial charge in [0.1, 0.15) is 0 Å². The van der Waals surface area contributed by atoms with Gasteiger partial charge in [0.05, 0.1) is 19.1 Å². The zero-order valence-corrected chi connectivity index (χ0v) is 12.2. The number of nitrogens with zero attached hydrogens (tertiary/aromatic N) is 7. The number of tetrazole rings is 1. The summed E-state index contributed by atoms with van der Waals surface area (Å²) in [7, 11) is 0. The summed E-state index contributed by atoms with van der Waals surface area (Å²) in [6, 6.07) is 3.06. The zero-order valence-electron chi connectivity index (χ0n) is 12.2. The molecule has 1 aliphatic carbocycles. The predicted octanol–water partition coefficient (Wildman–Crippen LogP) is 1.26. The van der Waals surface area contributed by atoms with E-state index in [-0.39, 0.29) is 0 Å². The summed E-state index contributed by atoms with van der Waals surface area (Å²) in [6.45, 7) is 2.94. The second kappa shape index (κ2) is 5.55. The van der Waals surface area contributed by atoms with Crippen LogP contribution in [0.15, 0.2) is 18.5 Å². The van der Waals surface area contributed by atoms with Gasteiger partial charge in [-0.05, 0) is 48.7 Å². The van der Waals surface area contributed by atoms with E-state index in [1.54, 1.807) is 0 Å². The third kappa shape index (κ3) is 2.83. The largest absolute Gasteiger partial charge is 0.291 e. The van der Waals surface area contributed by atoms with Crippen molar-refractivity contribution >= 4 is 0 Å². The lowest BCUT2D eigenvalue weighted by molar-refractivity contribution is 0.117. The summed E-state index contributed by atoms with van der Waals surface area (Å²) >= 11 is 0. The molecule has 0 amide bonds. The number of piperidine rings is 1. The fourth-order valence-electron chi connectivity index (χ4n) is 3.20. The molecule has 7 heteroatoms. The summed E-state index contributed by atoms with van der Waals surface area (Å²) in [4.78, 5) is 2.52. The highest BCUT2D eigenvalue weighted by Crippen LogP contribution is 2.34. The molecule has 1 aliphatic heterocycles. The fourth-order valence-corrected chi connectivity index (χ4v) is 3.20. The molecule has 0 bridgehead atoms. The van der Waals surface area contributed by atoms with E-state index in [1.807, 2.05) is 27.8 Å². The maximum Gasteiger partial charge on any atom is 0.165 e. The van der Waals surface area contributed by atoms with Gasteiger partial charge in [-0.3, -0.25) is 9.58 Å². The van der Waals surface area contributed by atoms with Crippen molar-refractivity contribution in [3.05, 3.63) is 24.3 Å². The van der Waals surface area contributed by atoms with Crippen LogP contribution in [0.5, 0.6) is 0 Å². The molecular formula is C14H21N7. The Balaban J connectivity index is 1.47. The van der Waals surface area contributed by atoms with Crippen LogP contribution in [0, 0.1) is 0 Å². The standard InChI is InChI=1S/C14H21N7/c1-2-8-19(13(4-1)10-20-9-3-7-15-20)11-14-16-17-18-21(14)12-5-6-12/h3,7,9,12-13H,1-2,4-6,8,10-11H2/t13-/m0/s1. The summed E-state index contributed by atoms with van der Waals surface area (Å²) in [5.74, 6) is 1.02. The van der Waals surface area contributed by atoms with Crippen molar-refractivity contribution in [1.29, 1.82) is 0 Å². The van der Waals surface area contributed by atoms with Gasteiger partial charge in [0.2, 0.25) is 0 Å². The van der Waals surface area contributed by atoms with Gasteiger partial charge >= 0.3 is 0 Å². The SMILES string of the molecule is c1cnn(C[C@@H]2CCCCN2Cc2nnnn2C2CC2)c1. The van der Waals surface area contributed by atoms with Crippen molar-refractivity contribution in [2.75, 3.05) is 6.54 Å². The maximum atomic E-state index is 4.34. The summed E-state index contributed by atoms with van der Waals surface area (Å²) in [5.41, 5.74) is 0. The molecule has 21 heavy (non-hydrogen) atoms. The van der Waals surface area contributed by atoms with Crippen LogP contribution in [0.4, 0.5) is 0 Å². The van der Waals surface area contributed by atoms with Gasteiger partial charge in [-0.1, -0.05) is 6.42 Å². The molecule has 2 aliphatic rings. The van der Waals surface area contributed by atoms with E-state index >= 15 is 0 Å². The molecule has 0 unspecified atom stereocenters. The van der Waals surface area contributed by atoms with Crippen LogP contribution >= 0.6 is 0 Å². The Bertz CT molecular complexity index is 572. The second-order valence-corrected chi connectivity index (χ2v) is 6.12. The molecule has 4 rings (SSSR count). The Kier molecular flexibility index (Phi) is 3.42. The summed E-state index contributed by atoms with van der Waals surface area (Å²) < 4.78 is 4.06. The van der Waals surface area contributed by atoms with Gasteiger partial charge in [-0.15, -0.1) is 5.10 Å². The molecule has 1 saturated carbocycles. The minimum Gasteiger partial charge on any atom is -0.291 e. The average Bonchev–Trinajstić information content (AvgIpc) is 3.02. The molecule has 7 nitrogen and oxygen atoms in total. The number of rotatable bonds is 5. The maximum absolute atomic E-state index is 4.34. The number of hydrogen-bond acceptors (Lipinski definition) is 5. The third-order valence-electron chi connectivity index (χ3n) is 4.50. The highest BCUT2D eigenvalue weighted by Gasteiger charge is 2.30. The molecule has 0 N–H and O–H groups in total. The van der Waals surface area contributed by atoms with E-state index in [9.17, 15) is 0 Å². The molecule has 0 spiro atoms. The first kappa shape index (κ1) is 12.9. The quantitative estimate of drug-likeness (QED) is 0.828. The Morgan fingerprint density at radius 1 is 1.19 bits per heavy atom. The lowest BCUT2D eigenvalue weighted by Gasteiger charge is -2.35. The van der Waals surface area contributed by atoms with Crippen LogP contribution < -0.4 is 0 Å². The number of aromatic nitrogens is 6. The number of hydrogen-bond donors (Lipinski definition) is 0. The molecule has 0 radical (unpaired) electrons. The number of likely N-dealkylation sites (tertiary alicyclic amines) is 1. The van der Waals surface area contributed by atoms with Gasteiger partial charge in [0.25, 0.3) is 0 Å². The fraction of sp³-hybridized carbons (Fsp3) is 0.714. The molecule has 2 fully saturated rings. The van der Waals surface area contributed by atoms with Crippen LogP contribution in [0.1, 0.15) is 44.0 Å². The van der Waals surface area contributed by atoms with Crippen molar-refractivity contribution < 1.29 is 0 Å². The minimum absolute atomic E-state index is 0.531. The normalized spacial score (nSPS) is 23.5. The molecule has 0 aromatic carbocycles. The van der Waals surface area contributed by atoms with E-state index in [4.69, 9.17) is 0 Å². The highest BCUT2D eigenvalue weighted by molar-refractivity contribution is 4.92. The molecule has 1 saturated heterocycles. The van der Waals surface area contributed by atoms with E-state index in [1.165, 1.54) is 32.1 Å². The Morgan fingerprint density at radius 2 is 2.14 bits per heavy atom. The van der Waals surface area contributed by atoms with Crippen LogP contribution in [0.3, 0.4) is 0 Å². The van der Waals surface area contributed by atoms with Crippen LogP contribution in [-0.2, 0) is 13.1 Å². The van der Waals surface area contributed by atoms with Crippen LogP contribution in [-0.4, -0.2) is 47.5 Å². The van der Waals surface area contributed by atoms with E-state index in [0.717, 1.165) is 25.5 Å². The second-order valence-electron chi connectivity index (χ2n) is 6.12. The lowest BCUT2D eigenvalue weighted by Crippen LogP contribution is -2.42. The first-order valence-corrected chi connectivity index (χ1v) is 7.88. The van der Waals surface area contributed by atoms with E-state index < -0.39 is 0 Å². The molecule has 1 atom stereocenters. The smallest absolute Gasteiger partial charge is 0.165 e. The van der Waals surface area contributed by atoms with Gasteiger partial charge in [-0.25, -0.2) is 4.68 Å².